The monoisotopic (exact) mass is 154 g/mol. The van der Waals surface area contributed by atoms with Crippen LogP contribution in [0.5, 0.6) is 0 Å². The molecule has 5 heteroatoms. The van der Waals surface area contributed by atoms with Crippen molar-refractivity contribution < 1.29 is 14.1 Å². The molecule has 0 aliphatic rings. The van der Waals surface area contributed by atoms with Gasteiger partial charge in [0.15, 0.2) is 6.29 Å². The van der Waals surface area contributed by atoms with Crippen LogP contribution in [0.2, 0.25) is 0 Å². The first-order chi connectivity index (χ1) is 5.16. The Kier molecular flexibility index (Phi) is 1.72. The lowest BCUT2D eigenvalue weighted by Crippen LogP contribution is -2.11. The van der Waals surface area contributed by atoms with Gasteiger partial charge < -0.3 is 10.3 Å². The second kappa shape index (κ2) is 2.53. The van der Waals surface area contributed by atoms with E-state index < -0.39 is 5.91 Å². The molecule has 0 saturated carbocycles. The number of carbonyl (C=O) groups is 2. The van der Waals surface area contributed by atoms with E-state index in [1.165, 1.54) is 0 Å². The Morgan fingerprint density at radius 3 is 2.73 bits per heavy atom. The fourth-order valence-corrected chi connectivity index (χ4v) is 0.693. The molecule has 0 radical (unpaired) electrons. The lowest BCUT2D eigenvalue weighted by molar-refractivity contribution is 0.0958. The zero-order valence-corrected chi connectivity index (χ0v) is 5.83. The predicted molar refractivity (Wildman–Crippen MR) is 35.1 cm³/mol. The van der Waals surface area contributed by atoms with Gasteiger partial charge in [0.25, 0.3) is 5.91 Å². The van der Waals surface area contributed by atoms with Crippen molar-refractivity contribution in [2.45, 2.75) is 6.92 Å². The number of aryl methyl sites for hydroxylation is 1. The van der Waals surface area contributed by atoms with E-state index in [-0.39, 0.29) is 11.3 Å². The van der Waals surface area contributed by atoms with Crippen LogP contribution in [-0.4, -0.2) is 17.4 Å². The highest BCUT2D eigenvalue weighted by molar-refractivity contribution is 5.98. The highest BCUT2D eigenvalue weighted by atomic mass is 16.5. The van der Waals surface area contributed by atoms with Gasteiger partial charge in [-0.15, -0.1) is 0 Å². The summed E-state index contributed by atoms with van der Waals surface area (Å²) in [5, 5.41) is 3.40. The molecule has 1 aromatic rings. The molecule has 1 rings (SSSR count). The smallest absolute Gasteiger partial charge is 0.288 e. The molecule has 0 atom stereocenters. The van der Waals surface area contributed by atoms with Crippen LogP contribution in [0.4, 0.5) is 0 Å². The van der Waals surface area contributed by atoms with Gasteiger partial charge in [0.1, 0.15) is 0 Å². The largest absolute Gasteiger partial charge is 0.363 e. The highest BCUT2D eigenvalue weighted by Crippen LogP contribution is 2.09. The van der Waals surface area contributed by atoms with Crippen molar-refractivity contribution in [1.29, 1.82) is 0 Å². The van der Waals surface area contributed by atoms with Crippen molar-refractivity contribution in [2.75, 3.05) is 0 Å². The molecule has 0 fully saturated rings. The zero-order valence-electron chi connectivity index (χ0n) is 5.83. The number of carbonyl (C=O) groups excluding carboxylic acids is 2. The van der Waals surface area contributed by atoms with Crippen molar-refractivity contribution >= 4 is 12.2 Å². The molecule has 0 aliphatic carbocycles. The number of aromatic nitrogens is 1. The van der Waals surface area contributed by atoms with E-state index in [1.807, 2.05) is 0 Å². The van der Waals surface area contributed by atoms with Gasteiger partial charge in [-0.05, 0) is 6.92 Å². The van der Waals surface area contributed by atoms with Crippen molar-refractivity contribution in [3.05, 3.63) is 17.0 Å². The summed E-state index contributed by atoms with van der Waals surface area (Å²) in [5.41, 5.74) is 5.36. The minimum absolute atomic E-state index is 0.123. The molecule has 0 bridgehead atoms. The molecule has 5 nitrogen and oxygen atoms in total. The Hall–Kier alpha value is -1.65. The number of hydrogen-bond donors (Lipinski definition) is 1. The third kappa shape index (κ3) is 1.12. The van der Waals surface area contributed by atoms with Gasteiger partial charge in [-0.25, -0.2) is 0 Å². The van der Waals surface area contributed by atoms with E-state index in [0.29, 0.717) is 12.0 Å². The average Bonchev–Trinajstić information content (AvgIpc) is 2.30. The Bertz CT molecular complexity index is 303. The van der Waals surface area contributed by atoms with Crippen molar-refractivity contribution in [3.8, 4) is 0 Å². The van der Waals surface area contributed by atoms with Crippen LogP contribution < -0.4 is 5.73 Å². The third-order valence-electron chi connectivity index (χ3n) is 1.25. The third-order valence-corrected chi connectivity index (χ3v) is 1.25. The maximum atomic E-state index is 10.5. The standard InChI is InChI=1S/C6H6N2O3/c1-3-4(2-9)5(6(7)10)11-8-3/h2H,1H3,(H2,7,10). The lowest BCUT2D eigenvalue weighted by Gasteiger charge is -1.85. The van der Waals surface area contributed by atoms with Gasteiger partial charge >= 0.3 is 0 Å². The number of amides is 1. The van der Waals surface area contributed by atoms with Crippen LogP contribution >= 0.6 is 0 Å². The van der Waals surface area contributed by atoms with Crippen molar-refractivity contribution in [3.63, 3.8) is 0 Å². The molecule has 1 aromatic heterocycles. The van der Waals surface area contributed by atoms with Gasteiger partial charge in [0.05, 0.1) is 11.3 Å². The molecule has 58 valence electrons. The SMILES string of the molecule is Cc1noc(C(N)=O)c1C=O. The van der Waals surface area contributed by atoms with E-state index in [0.717, 1.165) is 0 Å². The van der Waals surface area contributed by atoms with Crippen LogP contribution in [-0.2, 0) is 0 Å². The minimum atomic E-state index is -0.785. The van der Waals surface area contributed by atoms with E-state index >= 15 is 0 Å². The van der Waals surface area contributed by atoms with Gasteiger partial charge in [-0.1, -0.05) is 5.16 Å². The summed E-state index contributed by atoms with van der Waals surface area (Å²) < 4.78 is 4.49. The second-order valence-corrected chi connectivity index (χ2v) is 1.99. The average molecular weight is 154 g/mol. The summed E-state index contributed by atoms with van der Waals surface area (Å²) in [6, 6.07) is 0. The number of aldehydes is 1. The first-order valence-corrected chi connectivity index (χ1v) is 2.88. The van der Waals surface area contributed by atoms with Crippen LogP contribution in [0.3, 0.4) is 0 Å². The number of hydrogen-bond acceptors (Lipinski definition) is 4. The fourth-order valence-electron chi connectivity index (χ4n) is 0.693. The molecular weight excluding hydrogens is 148 g/mol. The predicted octanol–water partition coefficient (Wildman–Crippen LogP) is -0.106. The van der Waals surface area contributed by atoms with Gasteiger partial charge in [0, 0.05) is 0 Å². The quantitative estimate of drug-likeness (QED) is 0.602. The van der Waals surface area contributed by atoms with E-state index in [4.69, 9.17) is 5.73 Å². The highest BCUT2D eigenvalue weighted by Gasteiger charge is 2.16. The number of rotatable bonds is 2. The van der Waals surface area contributed by atoms with Crippen LogP contribution in [0.1, 0.15) is 26.6 Å². The van der Waals surface area contributed by atoms with E-state index in [9.17, 15) is 9.59 Å². The maximum absolute atomic E-state index is 10.5. The molecule has 2 N–H and O–H groups in total. The minimum Gasteiger partial charge on any atom is -0.363 e. The topological polar surface area (TPSA) is 86.2 Å². The number of nitrogens with zero attached hydrogens (tertiary/aromatic N) is 1. The summed E-state index contributed by atoms with van der Waals surface area (Å²) in [7, 11) is 0. The normalized spacial score (nSPS) is 9.55. The lowest BCUT2D eigenvalue weighted by atomic mass is 10.2. The molecule has 1 amide bonds. The number of nitrogens with two attached hydrogens (primary N) is 1. The molecule has 11 heavy (non-hydrogen) atoms. The summed E-state index contributed by atoms with van der Waals surface area (Å²) in [5.74, 6) is -0.967. The molecule has 0 aromatic carbocycles. The van der Waals surface area contributed by atoms with Crippen LogP contribution in [0, 0.1) is 6.92 Å². The fraction of sp³-hybridized carbons (Fsp3) is 0.167. The molecule has 0 saturated heterocycles. The van der Waals surface area contributed by atoms with E-state index in [2.05, 4.69) is 9.68 Å². The van der Waals surface area contributed by atoms with Crippen LogP contribution in [0.15, 0.2) is 4.52 Å². The van der Waals surface area contributed by atoms with Crippen molar-refractivity contribution in [2.24, 2.45) is 5.73 Å². The number of primary amides is 1. The molecule has 0 unspecified atom stereocenters. The summed E-state index contributed by atoms with van der Waals surface area (Å²) >= 11 is 0. The van der Waals surface area contributed by atoms with Gasteiger partial charge in [-0.2, -0.15) is 0 Å². The van der Waals surface area contributed by atoms with Gasteiger partial charge in [0.2, 0.25) is 5.76 Å². The molecular formula is C6H6N2O3. The summed E-state index contributed by atoms with van der Waals surface area (Å²) in [4.78, 5) is 20.8. The molecule has 0 spiro atoms. The zero-order chi connectivity index (χ0) is 8.43. The van der Waals surface area contributed by atoms with E-state index in [1.54, 1.807) is 6.92 Å². The van der Waals surface area contributed by atoms with Crippen molar-refractivity contribution in [1.82, 2.24) is 5.16 Å². The second-order valence-electron chi connectivity index (χ2n) is 1.99. The Morgan fingerprint density at radius 1 is 1.73 bits per heavy atom. The molecule has 1 heterocycles. The Morgan fingerprint density at radius 2 is 2.36 bits per heavy atom. The first kappa shape index (κ1) is 7.46. The summed E-state index contributed by atoms with van der Waals surface area (Å²) in [6.45, 7) is 1.56. The van der Waals surface area contributed by atoms with Gasteiger partial charge in [-0.3, -0.25) is 9.59 Å². The van der Waals surface area contributed by atoms with Crippen LogP contribution in [0.25, 0.3) is 0 Å². The summed E-state index contributed by atoms with van der Waals surface area (Å²) in [6.07, 6.45) is 0.492. The maximum Gasteiger partial charge on any atom is 0.288 e. The molecule has 0 aliphatic heterocycles. The Balaban J connectivity index is 3.26. The first-order valence-electron chi connectivity index (χ1n) is 2.88. The Labute approximate surface area is 62.2 Å².